The molecule has 2 aromatic rings. The highest BCUT2D eigenvalue weighted by molar-refractivity contribution is 5.95. The van der Waals surface area contributed by atoms with Crippen molar-refractivity contribution in [2.24, 2.45) is 0 Å². The zero-order valence-corrected chi connectivity index (χ0v) is 14.2. The summed E-state index contributed by atoms with van der Waals surface area (Å²) >= 11 is 0. The number of aromatic amines is 1. The van der Waals surface area contributed by atoms with Crippen molar-refractivity contribution in [2.45, 2.75) is 45.9 Å². The van der Waals surface area contributed by atoms with E-state index in [9.17, 15) is 4.79 Å². The molecule has 2 aromatic heterocycles. The highest BCUT2D eigenvalue weighted by Gasteiger charge is 2.29. The summed E-state index contributed by atoms with van der Waals surface area (Å²) < 4.78 is 16.7. The molecule has 130 valence electrons. The van der Waals surface area contributed by atoms with Crippen molar-refractivity contribution < 1.29 is 18.8 Å². The average molecular weight is 333 g/mol. The van der Waals surface area contributed by atoms with E-state index in [2.05, 4.69) is 15.5 Å². The lowest BCUT2D eigenvalue weighted by Crippen LogP contribution is -2.50. The molecule has 1 aliphatic rings. The van der Waals surface area contributed by atoms with E-state index < -0.39 is 0 Å². The monoisotopic (exact) mass is 333 g/mol. The molecule has 0 aromatic carbocycles. The molecule has 7 heteroatoms. The molecular weight excluding hydrogens is 310 g/mol. The van der Waals surface area contributed by atoms with Crippen LogP contribution in [0.4, 0.5) is 0 Å². The van der Waals surface area contributed by atoms with Gasteiger partial charge in [0, 0.05) is 24.1 Å². The fourth-order valence-corrected chi connectivity index (χ4v) is 2.90. The lowest BCUT2D eigenvalue weighted by Gasteiger charge is -2.32. The van der Waals surface area contributed by atoms with Gasteiger partial charge in [-0.25, -0.2) is 0 Å². The second kappa shape index (κ2) is 7.19. The van der Waals surface area contributed by atoms with E-state index in [1.54, 1.807) is 12.3 Å². The van der Waals surface area contributed by atoms with E-state index in [0.717, 1.165) is 29.1 Å². The van der Waals surface area contributed by atoms with Crippen LogP contribution in [0.1, 0.15) is 39.5 Å². The van der Waals surface area contributed by atoms with Gasteiger partial charge in [-0.1, -0.05) is 5.16 Å². The Bertz CT molecular complexity index is 687. The third kappa shape index (κ3) is 3.52. The number of hydrogen-bond acceptors (Lipinski definition) is 5. The van der Waals surface area contributed by atoms with Gasteiger partial charge in [0.25, 0.3) is 5.91 Å². The van der Waals surface area contributed by atoms with Crippen molar-refractivity contribution in [2.75, 3.05) is 13.2 Å². The predicted molar refractivity (Wildman–Crippen MR) is 86.8 cm³/mol. The molecule has 0 unspecified atom stereocenters. The van der Waals surface area contributed by atoms with Gasteiger partial charge >= 0.3 is 0 Å². The molecule has 1 aliphatic heterocycles. The molecule has 0 aliphatic carbocycles. The van der Waals surface area contributed by atoms with Gasteiger partial charge < -0.3 is 24.3 Å². The summed E-state index contributed by atoms with van der Waals surface area (Å²) in [6.07, 6.45) is 2.39. The lowest BCUT2D eigenvalue weighted by atomic mass is 10.1. The summed E-state index contributed by atoms with van der Waals surface area (Å²) in [7, 11) is 0. The third-order valence-electron chi connectivity index (χ3n) is 4.43. The first kappa shape index (κ1) is 16.7. The van der Waals surface area contributed by atoms with Gasteiger partial charge in [0.2, 0.25) is 0 Å². The van der Waals surface area contributed by atoms with Crippen LogP contribution in [0.3, 0.4) is 0 Å². The molecule has 7 nitrogen and oxygen atoms in total. The molecule has 3 rings (SSSR count). The van der Waals surface area contributed by atoms with E-state index in [0.29, 0.717) is 25.4 Å². The second-order valence-electron chi connectivity index (χ2n) is 6.11. The minimum absolute atomic E-state index is 0.101. The first-order chi connectivity index (χ1) is 11.6. The Morgan fingerprint density at radius 2 is 2.29 bits per heavy atom. The summed E-state index contributed by atoms with van der Waals surface area (Å²) in [5.41, 5.74) is 3.29. The highest BCUT2D eigenvalue weighted by atomic mass is 16.5. The Kier molecular flexibility index (Phi) is 5.01. The minimum Gasteiger partial charge on any atom is -0.379 e. The quantitative estimate of drug-likeness (QED) is 0.874. The second-order valence-corrected chi connectivity index (χ2v) is 6.11. The van der Waals surface area contributed by atoms with E-state index in [1.165, 1.54) is 0 Å². The average Bonchev–Trinajstić information content (AvgIpc) is 3.13. The number of carbonyl (C=O) groups is 1. The predicted octanol–water partition coefficient (Wildman–Crippen LogP) is 2.03. The molecule has 1 fully saturated rings. The Morgan fingerprint density at radius 3 is 2.96 bits per heavy atom. The van der Waals surface area contributed by atoms with E-state index in [1.807, 2.05) is 20.8 Å². The Hall–Kier alpha value is -2.12. The fourth-order valence-electron chi connectivity index (χ4n) is 2.90. The number of nitrogens with one attached hydrogen (secondary N) is 2. The summed E-state index contributed by atoms with van der Waals surface area (Å²) in [4.78, 5) is 15.4. The number of amides is 1. The number of hydrogen-bond donors (Lipinski definition) is 2. The zero-order chi connectivity index (χ0) is 17.1. The Morgan fingerprint density at radius 1 is 1.46 bits per heavy atom. The number of ether oxygens (including phenoxy) is 2. The molecule has 0 spiro atoms. The first-order valence-corrected chi connectivity index (χ1v) is 8.12. The summed E-state index contributed by atoms with van der Waals surface area (Å²) in [6, 6.07) is 1.59. The summed E-state index contributed by atoms with van der Waals surface area (Å²) in [5, 5.41) is 6.96. The fraction of sp³-hybridized carbons (Fsp3) is 0.529. The van der Waals surface area contributed by atoms with Crippen LogP contribution in [0.25, 0.3) is 0 Å². The summed E-state index contributed by atoms with van der Waals surface area (Å²) in [6.45, 7) is 7.13. The maximum absolute atomic E-state index is 12.4. The number of aromatic nitrogens is 2. The van der Waals surface area contributed by atoms with Crippen molar-refractivity contribution >= 4 is 5.91 Å². The minimum atomic E-state index is -0.180. The smallest absolute Gasteiger partial charge is 0.253 e. The van der Waals surface area contributed by atoms with Gasteiger partial charge in [-0.3, -0.25) is 4.79 Å². The van der Waals surface area contributed by atoms with Crippen LogP contribution in [0.15, 0.2) is 16.8 Å². The number of aryl methyl sites for hydroxylation is 3. The van der Waals surface area contributed by atoms with Crippen molar-refractivity contribution in [1.82, 2.24) is 15.5 Å². The normalized spacial score (nSPS) is 21.0. The summed E-state index contributed by atoms with van der Waals surface area (Å²) in [5.74, 6) is 0.651. The van der Waals surface area contributed by atoms with Gasteiger partial charge in [-0.2, -0.15) is 0 Å². The van der Waals surface area contributed by atoms with Crippen molar-refractivity contribution in [3.05, 3.63) is 40.5 Å². The molecular formula is C17H23N3O4. The van der Waals surface area contributed by atoms with Crippen LogP contribution in [-0.4, -0.2) is 41.4 Å². The van der Waals surface area contributed by atoms with Crippen LogP contribution >= 0.6 is 0 Å². The molecule has 0 bridgehead atoms. The van der Waals surface area contributed by atoms with Crippen LogP contribution in [0.5, 0.6) is 0 Å². The van der Waals surface area contributed by atoms with Crippen LogP contribution in [0, 0.1) is 20.8 Å². The molecule has 1 saturated heterocycles. The number of rotatable bonds is 5. The van der Waals surface area contributed by atoms with E-state index >= 15 is 0 Å². The molecule has 24 heavy (non-hydrogen) atoms. The van der Waals surface area contributed by atoms with Gasteiger partial charge in [-0.15, -0.1) is 0 Å². The molecule has 0 radical (unpaired) electrons. The van der Waals surface area contributed by atoms with Crippen LogP contribution < -0.4 is 5.32 Å². The molecule has 2 atom stereocenters. The van der Waals surface area contributed by atoms with Crippen molar-refractivity contribution in [1.29, 1.82) is 0 Å². The van der Waals surface area contributed by atoms with Crippen LogP contribution in [0.2, 0.25) is 0 Å². The highest BCUT2D eigenvalue weighted by Crippen LogP contribution is 2.19. The van der Waals surface area contributed by atoms with Gasteiger partial charge in [0.05, 0.1) is 36.6 Å². The SMILES string of the molecule is Cc1noc(C)c1CO[C@H]1CCOC[C@H]1NC(=O)c1cc[nH]c1C. The van der Waals surface area contributed by atoms with Crippen molar-refractivity contribution in [3.8, 4) is 0 Å². The maximum Gasteiger partial charge on any atom is 0.253 e. The van der Waals surface area contributed by atoms with E-state index in [-0.39, 0.29) is 18.1 Å². The van der Waals surface area contributed by atoms with Gasteiger partial charge in [0.1, 0.15) is 5.76 Å². The Balaban J connectivity index is 1.63. The van der Waals surface area contributed by atoms with Crippen molar-refractivity contribution in [3.63, 3.8) is 0 Å². The third-order valence-corrected chi connectivity index (χ3v) is 4.43. The largest absolute Gasteiger partial charge is 0.379 e. The van der Waals surface area contributed by atoms with Crippen LogP contribution in [-0.2, 0) is 16.1 Å². The standard InChI is InChI=1S/C17H23N3O4/c1-10-13(4-6-18-10)17(21)19-15-9-22-7-5-16(15)23-8-14-11(2)20-24-12(14)3/h4,6,15-16,18H,5,7-9H2,1-3H3,(H,19,21)/t15-,16+/m1/s1. The molecule has 1 amide bonds. The zero-order valence-electron chi connectivity index (χ0n) is 14.2. The lowest BCUT2D eigenvalue weighted by molar-refractivity contribution is -0.0608. The van der Waals surface area contributed by atoms with Gasteiger partial charge in [-0.05, 0) is 33.3 Å². The first-order valence-electron chi connectivity index (χ1n) is 8.12. The molecule has 2 N–H and O–H groups in total. The van der Waals surface area contributed by atoms with Gasteiger partial charge in [0.15, 0.2) is 0 Å². The topological polar surface area (TPSA) is 89.4 Å². The number of nitrogens with zero attached hydrogens (tertiary/aromatic N) is 1. The number of H-pyrrole nitrogens is 1. The maximum atomic E-state index is 12.4. The number of carbonyl (C=O) groups excluding carboxylic acids is 1. The molecule has 3 heterocycles. The van der Waals surface area contributed by atoms with E-state index in [4.69, 9.17) is 14.0 Å². The molecule has 0 saturated carbocycles. The Labute approximate surface area is 140 Å².